The molecule has 1 aliphatic heterocycles. The average Bonchev–Trinajstić information content (AvgIpc) is 3.27. The molecule has 0 unspecified atom stereocenters. The molecule has 7 heteroatoms. The Morgan fingerprint density at radius 3 is 2.34 bits per heavy atom. The summed E-state index contributed by atoms with van der Waals surface area (Å²) in [5, 5.41) is 5.36. The summed E-state index contributed by atoms with van der Waals surface area (Å²) in [4.78, 5) is 15.6. The number of piperidine rings is 1. The van der Waals surface area contributed by atoms with Crippen LogP contribution in [0.2, 0.25) is 5.02 Å². The van der Waals surface area contributed by atoms with Gasteiger partial charge in [-0.2, -0.15) is 0 Å². The Morgan fingerprint density at radius 2 is 1.63 bits per heavy atom. The van der Waals surface area contributed by atoms with E-state index in [1.54, 1.807) is 0 Å². The first-order valence-electron chi connectivity index (χ1n) is 12.3. The molecule has 1 aliphatic carbocycles. The minimum absolute atomic E-state index is 0.407. The molecular weight excluding hydrogens is 456 g/mol. The van der Waals surface area contributed by atoms with E-state index in [1.165, 1.54) is 11.1 Å². The van der Waals surface area contributed by atoms with E-state index < -0.39 is 0 Å². The summed E-state index contributed by atoms with van der Waals surface area (Å²) >= 11 is 6.02. The Hall–Kier alpha value is -3.06. The normalized spacial score (nSPS) is 15.3. The van der Waals surface area contributed by atoms with E-state index in [0.717, 1.165) is 84.9 Å². The van der Waals surface area contributed by atoms with Gasteiger partial charge in [0, 0.05) is 53.7 Å². The van der Waals surface area contributed by atoms with Crippen molar-refractivity contribution in [3.05, 3.63) is 83.3 Å². The molecule has 6 rings (SSSR count). The highest BCUT2D eigenvalue weighted by molar-refractivity contribution is 6.31. The lowest BCUT2D eigenvalue weighted by Crippen LogP contribution is -2.40. The largest absolute Gasteiger partial charge is 0.384 e. The molecular formula is C28H31ClN6. The number of nitrogens with one attached hydrogen (secondary N) is 1. The molecule has 2 aliphatic rings. The van der Waals surface area contributed by atoms with Crippen LogP contribution in [0, 0.1) is 0 Å². The quantitative estimate of drug-likeness (QED) is 0.334. The summed E-state index contributed by atoms with van der Waals surface area (Å²) in [7, 11) is 0. The van der Waals surface area contributed by atoms with Crippen molar-refractivity contribution in [3.63, 3.8) is 0 Å². The minimum atomic E-state index is 0.407. The van der Waals surface area contributed by atoms with Gasteiger partial charge in [0.2, 0.25) is 0 Å². The Kier molecular flexibility index (Phi) is 7.52. The van der Waals surface area contributed by atoms with E-state index in [2.05, 4.69) is 37.3 Å². The number of aromatic nitrogens is 3. The SMILES string of the molecule is NC1CCN(CCCNc2ccnc3cc(Cl)ccc23)CC1.c1cnc2c(c1)Cc1cccnc1-2. The highest BCUT2D eigenvalue weighted by Gasteiger charge is 2.19. The van der Waals surface area contributed by atoms with Crippen molar-refractivity contribution in [1.29, 1.82) is 0 Å². The molecule has 0 amide bonds. The summed E-state index contributed by atoms with van der Waals surface area (Å²) in [6, 6.07) is 16.5. The van der Waals surface area contributed by atoms with Crippen LogP contribution in [0.5, 0.6) is 0 Å². The van der Waals surface area contributed by atoms with Gasteiger partial charge in [0.1, 0.15) is 0 Å². The zero-order valence-corrected chi connectivity index (χ0v) is 20.6. The number of rotatable bonds is 5. The lowest BCUT2D eigenvalue weighted by atomic mass is 10.1. The maximum Gasteiger partial charge on any atom is 0.0924 e. The molecule has 6 nitrogen and oxygen atoms in total. The Labute approximate surface area is 211 Å². The molecule has 180 valence electrons. The smallest absolute Gasteiger partial charge is 0.0924 e. The fraction of sp³-hybridized carbons (Fsp3) is 0.321. The number of halogens is 1. The van der Waals surface area contributed by atoms with Crippen molar-refractivity contribution in [2.45, 2.75) is 31.7 Å². The van der Waals surface area contributed by atoms with Crippen LogP contribution in [-0.2, 0) is 6.42 Å². The Morgan fingerprint density at radius 1 is 0.914 bits per heavy atom. The number of benzene rings is 1. The van der Waals surface area contributed by atoms with E-state index in [9.17, 15) is 0 Å². The number of hydrogen-bond donors (Lipinski definition) is 2. The molecule has 0 spiro atoms. The summed E-state index contributed by atoms with van der Waals surface area (Å²) < 4.78 is 0. The van der Waals surface area contributed by atoms with Gasteiger partial charge in [-0.15, -0.1) is 0 Å². The fourth-order valence-electron chi connectivity index (χ4n) is 4.77. The van der Waals surface area contributed by atoms with Gasteiger partial charge in [0.15, 0.2) is 0 Å². The average molecular weight is 487 g/mol. The van der Waals surface area contributed by atoms with E-state index in [-0.39, 0.29) is 0 Å². The molecule has 35 heavy (non-hydrogen) atoms. The van der Waals surface area contributed by atoms with E-state index in [1.807, 2.05) is 55.0 Å². The molecule has 3 aromatic heterocycles. The Balaban J connectivity index is 0.000000164. The van der Waals surface area contributed by atoms with Crippen LogP contribution in [0.1, 0.15) is 30.4 Å². The number of fused-ring (bicyclic) bond motifs is 4. The standard InChI is InChI=1S/C17H23ClN4.C11H8N2/c18-13-2-3-15-16(4-8-21-17(15)12-13)20-7-1-9-22-10-5-14(19)6-11-22;1-3-8-7-9-4-2-6-13-11(9)10(8)12-5-1/h2-4,8,12,14H,1,5-7,9-11,19H2,(H,20,21);1-6H,7H2. The fourth-order valence-corrected chi connectivity index (χ4v) is 4.94. The molecule has 0 bridgehead atoms. The number of pyridine rings is 3. The van der Waals surface area contributed by atoms with Crippen LogP contribution in [0.15, 0.2) is 67.1 Å². The van der Waals surface area contributed by atoms with E-state index in [0.29, 0.717) is 6.04 Å². The lowest BCUT2D eigenvalue weighted by molar-refractivity contribution is 0.213. The molecule has 4 heterocycles. The molecule has 0 saturated carbocycles. The molecule has 1 aromatic carbocycles. The van der Waals surface area contributed by atoms with E-state index in [4.69, 9.17) is 17.3 Å². The topological polar surface area (TPSA) is 80.0 Å². The van der Waals surface area contributed by atoms with Gasteiger partial charge >= 0.3 is 0 Å². The number of nitrogens with two attached hydrogens (primary N) is 1. The Bertz CT molecular complexity index is 1240. The van der Waals surface area contributed by atoms with Gasteiger partial charge in [-0.05, 0) is 86.4 Å². The van der Waals surface area contributed by atoms with Crippen molar-refractivity contribution >= 4 is 28.2 Å². The third-order valence-electron chi connectivity index (χ3n) is 6.69. The van der Waals surface area contributed by atoms with Crippen LogP contribution in [0.3, 0.4) is 0 Å². The number of nitrogens with zero attached hydrogens (tertiary/aromatic N) is 4. The van der Waals surface area contributed by atoms with Gasteiger partial charge in [0.05, 0.1) is 16.9 Å². The zero-order chi connectivity index (χ0) is 24.0. The molecule has 0 radical (unpaired) electrons. The zero-order valence-electron chi connectivity index (χ0n) is 19.8. The second-order valence-electron chi connectivity index (χ2n) is 9.18. The van der Waals surface area contributed by atoms with Gasteiger partial charge in [-0.25, -0.2) is 0 Å². The van der Waals surface area contributed by atoms with Gasteiger partial charge in [-0.3, -0.25) is 15.0 Å². The van der Waals surface area contributed by atoms with Crippen molar-refractivity contribution in [3.8, 4) is 11.4 Å². The van der Waals surface area contributed by atoms with Crippen LogP contribution >= 0.6 is 11.6 Å². The number of likely N-dealkylation sites (tertiary alicyclic amines) is 1. The molecule has 3 N–H and O–H groups in total. The van der Waals surface area contributed by atoms with Gasteiger partial charge < -0.3 is 16.0 Å². The molecule has 1 fully saturated rings. The maximum atomic E-state index is 6.02. The first-order valence-corrected chi connectivity index (χ1v) is 12.7. The van der Waals surface area contributed by atoms with Crippen molar-refractivity contribution in [2.75, 3.05) is 31.5 Å². The van der Waals surface area contributed by atoms with E-state index >= 15 is 0 Å². The van der Waals surface area contributed by atoms with Crippen molar-refractivity contribution in [2.24, 2.45) is 5.73 Å². The molecule has 4 aromatic rings. The summed E-state index contributed by atoms with van der Waals surface area (Å²) in [5.74, 6) is 0. The van der Waals surface area contributed by atoms with Gasteiger partial charge in [0.25, 0.3) is 0 Å². The first-order chi connectivity index (χ1) is 17.2. The van der Waals surface area contributed by atoms with Crippen molar-refractivity contribution in [1.82, 2.24) is 19.9 Å². The predicted molar refractivity (Wildman–Crippen MR) is 144 cm³/mol. The lowest BCUT2D eigenvalue weighted by Gasteiger charge is -2.30. The van der Waals surface area contributed by atoms with Crippen LogP contribution < -0.4 is 11.1 Å². The molecule has 1 saturated heterocycles. The predicted octanol–water partition coefficient (Wildman–Crippen LogP) is 5.16. The maximum absolute atomic E-state index is 6.02. The second-order valence-corrected chi connectivity index (χ2v) is 9.61. The summed E-state index contributed by atoms with van der Waals surface area (Å²) in [6.07, 6.45) is 9.84. The first kappa shape index (κ1) is 23.7. The number of hydrogen-bond acceptors (Lipinski definition) is 6. The summed E-state index contributed by atoms with van der Waals surface area (Å²) in [6.45, 7) is 4.37. The monoisotopic (exact) mass is 486 g/mol. The third-order valence-corrected chi connectivity index (χ3v) is 6.93. The van der Waals surface area contributed by atoms with Crippen LogP contribution in [0.25, 0.3) is 22.3 Å². The van der Waals surface area contributed by atoms with Gasteiger partial charge in [-0.1, -0.05) is 23.7 Å². The second kappa shape index (κ2) is 11.1. The van der Waals surface area contributed by atoms with Crippen LogP contribution in [-0.4, -0.2) is 52.1 Å². The van der Waals surface area contributed by atoms with Crippen LogP contribution in [0.4, 0.5) is 5.69 Å². The molecule has 0 atom stereocenters. The highest BCUT2D eigenvalue weighted by Crippen LogP contribution is 2.32. The third kappa shape index (κ3) is 5.78. The van der Waals surface area contributed by atoms with Crippen molar-refractivity contribution < 1.29 is 0 Å². The minimum Gasteiger partial charge on any atom is -0.384 e. The summed E-state index contributed by atoms with van der Waals surface area (Å²) in [5.41, 5.74) is 12.7. The highest BCUT2D eigenvalue weighted by atomic mass is 35.5. The number of anilines is 1.